The van der Waals surface area contributed by atoms with E-state index >= 15 is 0 Å². The predicted octanol–water partition coefficient (Wildman–Crippen LogP) is 4.12. The van der Waals surface area contributed by atoms with Crippen LogP contribution in [0.25, 0.3) is 0 Å². The zero-order chi connectivity index (χ0) is 18.3. The number of ether oxygens (including phenoxy) is 2. The van der Waals surface area contributed by atoms with Crippen LogP contribution in [0.3, 0.4) is 0 Å². The van der Waals surface area contributed by atoms with Crippen molar-refractivity contribution in [2.24, 2.45) is 33.7 Å². The third-order valence-corrected chi connectivity index (χ3v) is 5.67. The minimum Gasteiger partial charge on any atom is -0.475 e. The molecule has 0 bridgehead atoms. The van der Waals surface area contributed by atoms with Crippen LogP contribution in [0, 0.1) is 23.7 Å². The summed E-state index contributed by atoms with van der Waals surface area (Å²) in [5, 5.41) is 0. The summed E-state index contributed by atoms with van der Waals surface area (Å²) < 4.78 is 11.9. The Hall–Kier alpha value is -2.10. The van der Waals surface area contributed by atoms with E-state index < -0.39 is 0 Å². The van der Waals surface area contributed by atoms with Crippen LogP contribution in [0.15, 0.2) is 57.6 Å². The molecular formula is C22H28N2O2. The minimum absolute atomic E-state index is 0.231. The minimum atomic E-state index is 0.231. The van der Waals surface area contributed by atoms with Gasteiger partial charge in [-0.05, 0) is 11.8 Å². The molecule has 0 saturated carbocycles. The SMILES string of the molecule is CC(C)[C@H]1COC(C2=CC=CC2C2C=CC=C2C2=N[C@@H](C(C)C)CO2)=N1. The van der Waals surface area contributed by atoms with Gasteiger partial charge in [0.25, 0.3) is 0 Å². The van der Waals surface area contributed by atoms with Gasteiger partial charge >= 0.3 is 0 Å². The van der Waals surface area contributed by atoms with Gasteiger partial charge in [-0.3, -0.25) is 0 Å². The fraction of sp³-hybridized carbons (Fsp3) is 0.545. The summed E-state index contributed by atoms with van der Waals surface area (Å²) in [6.45, 7) is 10.2. The summed E-state index contributed by atoms with van der Waals surface area (Å²) >= 11 is 0. The number of allylic oxidation sites excluding steroid dienone is 6. The molecule has 0 spiro atoms. The molecule has 0 fully saturated rings. The second-order valence-electron chi connectivity index (χ2n) is 8.18. The zero-order valence-electron chi connectivity index (χ0n) is 16.1. The largest absolute Gasteiger partial charge is 0.475 e. The summed E-state index contributed by atoms with van der Waals surface area (Å²) in [4.78, 5) is 9.66. The van der Waals surface area contributed by atoms with Gasteiger partial charge in [-0.25, -0.2) is 9.98 Å². The summed E-state index contributed by atoms with van der Waals surface area (Å²) in [5.74, 6) is 3.08. The third-order valence-electron chi connectivity index (χ3n) is 5.67. The van der Waals surface area contributed by atoms with E-state index in [1.807, 2.05) is 0 Å². The van der Waals surface area contributed by atoms with Gasteiger partial charge in [0.05, 0.1) is 12.1 Å². The van der Waals surface area contributed by atoms with Crippen molar-refractivity contribution in [3.05, 3.63) is 47.6 Å². The Labute approximate surface area is 156 Å². The standard InChI is InChI=1S/C22H28N2O2/c1-13(2)19-11-25-21(23-19)17-9-5-7-15(17)16-8-6-10-18(16)22-24-20(12-26-22)14(3)4/h5-10,13-16,19-20H,11-12H2,1-4H3/t15?,16?,19-,20-/m1/s1. The maximum Gasteiger partial charge on any atom is 0.212 e. The Morgan fingerprint density at radius 2 is 1.19 bits per heavy atom. The molecule has 4 rings (SSSR count). The summed E-state index contributed by atoms with van der Waals surface area (Å²) in [7, 11) is 0. The molecule has 0 radical (unpaired) electrons. The third kappa shape index (κ3) is 3.06. The number of nitrogens with zero attached hydrogens (tertiary/aromatic N) is 2. The lowest BCUT2D eigenvalue weighted by molar-refractivity contribution is 0.287. The molecule has 0 saturated heterocycles. The second-order valence-corrected chi connectivity index (χ2v) is 8.18. The second kappa shape index (κ2) is 6.90. The molecule has 2 unspecified atom stereocenters. The van der Waals surface area contributed by atoms with Crippen molar-refractivity contribution in [3.63, 3.8) is 0 Å². The summed E-state index contributed by atoms with van der Waals surface area (Å²) in [5.41, 5.74) is 2.35. The number of aliphatic imine (C=N–C) groups is 2. The molecule has 138 valence electrons. The van der Waals surface area contributed by atoms with E-state index in [1.165, 1.54) is 11.1 Å². The van der Waals surface area contributed by atoms with Gasteiger partial charge in [0, 0.05) is 23.0 Å². The first-order chi connectivity index (χ1) is 12.5. The first kappa shape index (κ1) is 17.3. The summed E-state index contributed by atoms with van der Waals surface area (Å²) in [6.07, 6.45) is 13.0. The average Bonchev–Trinajstić information content (AvgIpc) is 3.39. The van der Waals surface area contributed by atoms with Gasteiger partial charge in [-0.1, -0.05) is 64.2 Å². The van der Waals surface area contributed by atoms with Crippen LogP contribution in [0.1, 0.15) is 27.7 Å². The van der Waals surface area contributed by atoms with Crippen molar-refractivity contribution in [1.82, 2.24) is 0 Å². The van der Waals surface area contributed by atoms with Crippen molar-refractivity contribution in [2.75, 3.05) is 13.2 Å². The lowest BCUT2D eigenvalue weighted by atomic mass is 9.84. The molecule has 4 aliphatic rings. The Balaban J connectivity index is 1.54. The van der Waals surface area contributed by atoms with Gasteiger partial charge in [-0.2, -0.15) is 0 Å². The Morgan fingerprint density at radius 1 is 0.769 bits per heavy atom. The van der Waals surface area contributed by atoms with Gasteiger partial charge < -0.3 is 9.47 Å². The van der Waals surface area contributed by atoms with Crippen LogP contribution in [0.5, 0.6) is 0 Å². The van der Waals surface area contributed by atoms with E-state index in [9.17, 15) is 0 Å². The molecular weight excluding hydrogens is 324 g/mol. The van der Waals surface area contributed by atoms with Crippen LogP contribution in [-0.2, 0) is 9.47 Å². The van der Waals surface area contributed by atoms with Crippen molar-refractivity contribution in [3.8, 4) is 0 Å². The quantitative estimate of drug-likeness (QED) is 0.747. The zero-order valence-corrected chi connectivity index (χ0v) is 16.1. The molecule has 0 aromatic rings. The van der Waals surface area contributed by atoms with E-state index in [0.717, 1.165) is 11.8 Å². The highest BCUT2D eigenvalue weighted by molar-refractivity contribution is 5.99. The molecule has 0 N–H and O–H groups in total. The van der Waals surface area contributed by atoms with E-state index in [0.29, 0.717) is 25.0 Å². The Bertz CT molecular complexity index is 688. The molecule has 2 aliphatic heterocycles. The van der Waals surface area contributed by atoms with Crippen molar-refractivity contribution >= 4 is 11.8 Å². The lowest BCUT2D eigenvalue weighted by Gasteiger charge is -2.22. The van der Waals surface area contributed by atoms with E-state index in [1.54, 1.807) is 0 Å². The fourth-order valence-electron chi connectivity index (χ4n) is 3.82. The lowest BCUT2D eigenvalue weighted by Crippen LogP contribution is -2.21. The van der Waals surface area contributed by atoms with Gasteiger partial charge in [-0.15, -0.1) is 0 Å². The van der Waals surface area contributed by atoms with Crippen molar-refractivity contribution < 1.29 is 9.47 Å². The number of hydrogen-bond acceptors (Lipinski definition) is 4. The molecule has 0 amide bonds. The molecule has 2 heterocycles. The smallest absolute Gasteiger partial charge is 0.212 e. The highest BCUT2D eigenvalue weighted by Gasteiger charge is 2.37. The average molecular weight is 352 g/mol. The Morgan fingerprint density at radius 3 is 1.54 bits per heavy atom. The van der Waals surface area contributed by atoms with E-state index in [2.05, 4.69) is 64.2 Å². The topological polar surface area (TPSA) is 43.2 Å². The predicted molar refractivity (Wildman–Crippen MR) is 105 cm³/mol. The van der Waals surface area contributed by atoms with Crippen LogP contribution < -0.4 is 0 Å². The first-order valence-corrected chi connectivity index (χ1v) is 9.73. The highest BCUT2D eigenvalue weighted by Crippen LogP contribution is 2.39. The normalized spacial score (nSPS) is 32.7. The van der Waals surface area contributed by atoms with Crippen LogP contribution >= 0.6 is 0 Å². The first-order valence-electron chi connectivity index (χ1n) is 9.73. The van der Waals surface area contributed by atoms with Gasteiger partial charge in [0.2, 0.25) is 11.8 Å². The Kier molecular flexibility index (Phi) is 4.60. The van der Waals surface area contributed by atoms with Crippen molar-refractivity contribution in [1.29, 1.82) is 0 Å². The highest BCUT2D eigenvalue weighted by atomic mass is 16.5. The van der Waals surface area contributed by atoms with Crippen LogP contribution in [0.2, 0.25) is 0 Å². The van der Waals surface area contributed by atoms with Gasteiger partial charge in [0.1, 0.15) is 13.2 Å². The maximum absolute atomic E-state index is 5.95. The maximum atomic E-state index is 5.95. The molecule has 4 nitrogen and oxygen atoms in total. The van der Waals surface area contributed by atoms with Crippen molar-refractivity contribution in [2.45, 2.75) is 39.8 Å². The van der Waals surface area contributed by atoms with Crippen LogP contribution in [0.4, 0.5) is 0 Å². The fourth-order valence-corrected chi connectivity index (χ4v) is 3.82. The molecule has 26 heavy (non-hydrogen) atoms. The van der Waals surface area contributed by atoms with E-state index in [4.69, 9.17) is 19.5 Å². The molecule has 2 aliphatic carbocycles. The van der Waals surface area contributed by atoms with Gasteiger partial charge in [0.15, 0.2) is 0 Å². The van der Waals surface area contributed by atoms with E-state index in [-0.39, 0.29) is 23.9 Å². The molecule has 4 atom stereocenters. The molecule has 4 heteroatoms. The molecule has 0 aromatic carbocycles. The number of rotatable bonds is 5. The number of hydrogen-bond donors (Lipinski definition) is 0. The monoisotopic (exact) mass is 352 g/mol. The summed E-state index contributed by atoms with van der Waals surface area (Å²) in [6, 6.07) is 0.520. The van der Waals surface area contributed by atoms with Crippen LogP contribution in [-0.4, -0.2) is 37.1 Å². The molecule has 0 aromatic heterocycles.